The Balaban J connectivity index is 1.86. The average molecular weight is 454 g/mol. The molecule has 1 atom stereocenters. The quantitative estimate of drug-likeness (QED) is 0.373. The summed E-state index contributed by atoms with van der Waals surface area (Å²) < 4.78 is 0. The van der Waals surface area contributed by atoms with Gasteiger partial charge in [-0.15, -0.1) is 0 Å². The highest BCUT2D eigenvalue weighted by molar-refractivity contribution is 6.45. The molecular weight excluding hydrogens is 425 g/mol. The first-order valence-corrected chi connectivity index (χ1v) is 11.0. The van der Waals surface area contributed by atoms with E-state index < -0.39 is 12.6 Å². The molecule has 1 aromatic carbocycles. The minimum absolute atomic E-state index is 0.292. The lowest BCUT2D eigenvalue weighted by atomic mass is 9.96. The summed E-state index contributed by atoms with van der Waals surface area (Å²) in [5.41, 5.74) is 15.6. The first kappa shape index (κ1) is 22.9. The number of aliphatic hydroxyl groups excluding tert-OH is 1. The SMILES string of the molecule is NCCCCCN/C=C\C(N)c1cc(Cl)c(Cl)c2[nH]c3c(c12)CN(C(=O)CO)CC3. The number of aliphatic hydroxyl groups is 1. The van der Waals surface area contributed by atoms with Gasteiger partial charge in [-0.2, -0.15) is 0 Å². The number of nitrogens with one attached hydrogen (secondary N) is 2. The van der Waals surface area contributed by atoms with Gasteiger partial charge in [0.2, 0.25) is 5.91 Å². The summed E-state index contributed by atoms with van der Waals surface area (Å²) in [5, 5.41) is 14.3. The topological polar surface area (TPSA) is 120 Å². The van der Waals surface area contributed by atoms with Gasteiger partial charge in [-0.05, 0) is 43.3 Å². The van der Waals surface area contributed by atoms with Crippen molar-refractivity contribution in [1.82, 2.24) is 15.2 Å². The van der Waals surface area contributed by atoms with Crippen LogP contribution in [0.3, 0.4) is 0 Å². The number of halogens is 2. The molecule has 7 nitrogen and oxygen atoms in total. The van der Waals surface area contributed by atoms with Gasteiger partial charge in [-0.1, -0.05) is 29.6 Å². The van der Waals surface area contributed by atoms with E-state index in [1.807, 2.05) is 12.3 Å². The van der Waals surface area contributed by atoms with Crippen molar-refractivity contribution in [2.75, 3.05) is 26.2 Å². The average Bonchev–Trinajstić information content (AvgIpc) is 3.13. The maximum Gasteiger partial charge on any atom is 0.248 e. The molecule has 0 bridgehead atoms. The van der Waals surface area contributed by atoms with Crippen molar-refractivity contribution in [3.8, 4) is 0 Å². The standard InChI is InChI=1S/C21H29Cl2N5O2/c22-15-10-13(16(25)4-8-26-7-3-1-2-6-24)19-14-11-28(18(30)12-29)9-5-17(14)27-21(19)20(15)23/h4,8,10,16,26-27,29H,1-3,5-7,9,11-12,24-25H2/b8-4-. The second-order valence-electron chi connectivity index (χ2n) is 7.51. The Bertz CT molecular complexity index is 928. The molecule has 0 fully saturated rings. The van der Waals surface area contributed by atoms with Gasteiger partial charge in [0.1, 0.15) is 6.61 Å². The zero-order chi connectivity index (χ0) is 21.7. The molecule has 30 heavy (non-hydrogen) atoms. The van der Waals surface area contributed by atoms with Crippen LogP contribution in [0, 0.1) is 0 Å². The van der Waals surface area contributed by atoms with Crippen LogP contribution in [-0.2, 0) is 17.8 Å². The fraction of sp³-hybridized carbons (Fsp3) is 0.476. The molecule has 2 heterocycles. The van der Waals surface area contributed by atoms with Crippen LogP contribution in [0.25, 0.3) is 10.9 Å². The number of fused-ring (bicyclic) bond motifs is 3. The molecular formula is C21H29Cl2N5O2. The van der Waals surface area contributed by atoms with Crippen molar-refractivity contribution >= 4 is 40.0 Å². The highest BCUT2D eigenvalue weighted by Gasteiger charge is 2.27. The number of hydrogen-bond donors (Lipinski definition) is 5. The Hall–Kier alpha value is -1.77. The third-order valence-electron chi connectivity index (χ3n) is 5.47. The molecule has 0 saturated carbocycles. The Morgan fingerprint density at radius 1 is 1.37 bits per heavy atom. The van der Waals surface area contributed by atoms with Crippen molar-refractivity contribution in [3.63, 3.8) is 0 Å². The largest absolute Gasteiger partial charge is 0.391 e. The number of rotatable bonds is 9. The summed E-state index contributed by atoms with van der Waals surface area (Å²) in [6.07, 6.45) is 7.57. The third-order valence-corrected chi connectivity index (χ3v) is 6.25. The normalized spacial score (nSPS) is 15.0. The van der Waals surface area contributed by atoms with Gasteiger partial charge in [-0.3, -0.25) is 4.79 Å². The number of carbonyl (C=O) groups excluding carboxylic acids is 1. The number of nitrogens with two attached hydrogens (primary N) is 2. The number of amides is 1. The van der Waals surface area contributed by atoms with E-state index in [2.05, 4.69) is 10.3 Å². The van der Waals surface area contributed by atoms with Crippen LogP contribution in [0.5, 0.6) is 0 Å². The number of H-pyrrole nitrogens is 1. The van der Waals surface area contributed by atoms with Gasteiger partial charge in [0.25, 0.3) is 0 Å². The lowest BCUT2D eigenvalue weighted by molar-refractivity contribution is -0.135. The molecule has 1 aromatic heterocycles. The van der Waals surface area contributed by atoms with Gasteiger partial charge in [0.15, 0.2) is 0 Å². The smallest absolute Gasteiger partial charge is 0.248 e. The summed E-state index contributed by atoms with van der Waals surface area (Å²) in [4.78, 5) is 17.0. The molecule has 7 N–H and O–H groups in total. The monoisotopic (exact) mass is 453 g/mol. The summed E-state index contributed by atoms with van der Waals surface area (Å²) in [6.45, 7) is 2.01. The van der Waals surface area contributed by atoms with Gasteiger partial charge in [-0.25, -0.2) is 0 Å². The molecule has 0 aliphatic carbocycles. The summed E-state index contributed by atoms with van der Waals surface area (Å²) in [7, 11) is 0. The molecule has 1 unspecified atom stereocenters. The number of aromatic nitrogens is 1. The van der Waals surface area contributed by atoms with Gasteiger partial charge in [0.05, 0.1) is 21.6 Å². The van der Waals surface area contributed by atoms with Crippen LogP contribution in [0.4, 0.5) is 0 Å². The van der Waals surface area contributed by atoms with Crippen LogP contribution in [0.1, 0.15) is 42.1 Å². The van der Waals surface area contributed by atoms with Crippen LogP contribution in [0.15, 0.2) is 18.3 Å². The Labute approximate surface area is 186 Å². The molecule has 2 aromatic rings. The van der Waals surface area contributed by atoms with Crippen LogP contribution >= 0.6 is 23.2 Å². The Morgan fingerprint density at radius 2 is 2.17 bits per heavy atom. The maximum absolute atomic E-state index is 12.0. The highest BCUT2D eigenvalue weighted by atomic mass is 35.5. The molecule has 9 heteroatoms. The number of hydrogen-bond acceptors (Lipinski definition) is 5. The van der Waals surface area contributed by atoms with Crippen LogP contribution in [-0.4, -0.2) is 47.1 Å². The molecule has 0 spiro atoms. The minimum atomic E-state index is -0.504. The zero-order valence-corrected chi connectivity index (χ0v) is 18.4. The molecule has 3 rings (SSSR count). The van der Waals surface area contributed by atoms with Gasteiger partial charge in [0, 0.05) is 42.7 Å². The van der Waals surface area contributed by atoms with E-state index >= 15 is 0 Å². The van der Waals surface area contributed by atoms with E-state index in [1.165, 1.54) is 0 Å². The van der Waals surface area contributed by atoms with Crippen molar-refractivity contribution in [2.45, 2.75) is 38.3 Å². The van der Waals surface area contributed by atoms with Crippen molar-refractivity contribution < 1.29 is 9.90 Å². The van der Waals surface area contributed by atoms with Gasteiger partial charge < -0.3 is 31.8 Å². The van der Waals surface area contributed by atoms with Crippen molar-refractivity contribution in [1.29, 1.82) is 0 Å². The van der Waals surface area contributed by atoms with E-state index in [1.54, 1.807) is 11.0 Å². The van der Waals surface area contributed by atoms with E-state index in [0.717, 1.165) is 60.1 Å². The summed E-state index contributed by atoms with van der Waals surface area (Å²) in [5.74, 6) is -0.292. The predicted octanol–water partition coefficient (Wildman–Crippen LogP) is 2.58. The van der Waals surface area contributed by atoms with E-state index in [0.29, 0.717) is 29.6 Å². The summed E-state index contributed by atoms with van der Waals surface area (Å²) in [6, 6.07) is 1.39. The fourth-order valence-electron chi connectivity index (χ4n) is 3.85. The van der Waals surface area contributed by atoms with Crippen LogP contribution in [0.2, 0.25) is 10.0 Å². The molecule has 0 saturated heterocycles. The summed E-state index contributed by atoms with van der Waals surface area (Å²) >= 11 is 12.9. The minimum Gasteiger partial charge on any atom is -0.391 e. The van der Waals surface area contributed by atoms with E-state index in [9.17, 15) is 9.90 Å². The van der Waals surface area contributed by atoms with E-state index in [-0.39, 0.29) is 5.91 Å². The molecule has 1 aliphatic rings. The first-order chi connectivity index (χ1) is 14.5. The Kier molecular flexibility index (Phi) is 8.02. The lowest BCUT2D eigenvalue weighted by Crippen LogP contribution is -2.37. The number of benzene rings is 1. The second-order valence-corrected chi connectivity index (χ2v) is 8.29. The maximum atomic E-state index is 12.0. The first-order valence-electron chi connectivity index (χ1n) is 10.2. The van der Waals surface area contributed by atoms with Crippen molar-refractivity contribution in [3.05, 3.63) is 45.2 Å². The number of unbranched alkanes of at least 4 members (excludes halogenated alkanes) is 2. The number of aromatic amines is 1. The third kappa shape index (κ3) is 4.92. The predicted molar refractivity (Wildman–Crippen MR) is 122 cm³/mol. The molecule has 0 radical (unpaired) electrons. The second kappa shape index (κ2) is 10.5. The van der Waals surface area contributed by atoms with Gasteiger partial charge >= 0.3 is 0 Å². The number of carbonyl (C=O) groups is 1. The molecule has 1 amide bonds. The number of nitrogens with zero attached hydrogens (tertiary/aromatic N) is 1. The molecule has 1 aliphatic heterocycles. The van der Waals surface area contributed by atoms with Crippen molar-refractivity contribution in [2.24, 2.45) is 11.5 Å². The fourth-order valence-corrected chi connectivity index (χ4v) is 4.26. The highest BCUT2D eigenvalue weighted by Crippen LogP contribution is 2.40. The van der Waals surface area contributed by atoms with Crippen LogP contribution < -0.4 is 16.8 Å². The lowest BCUT2D eigenvalue weighted by Gasteiger charge is -2.27. The van der Waals surface area contributed by atoms with E-state index in [4.69, 9.17) is 34.7 Å². The zero-order valence-electron chi connectivity index (χ0n) is 16.9. The molecule has 164 valence electrons. The Morgan fingerprint density at radius 3 is 2.90 bits per heavy atom.